The fraction of sp³-hybridized carbons (Fsp3) is 0.450. The largest absolute Gasteiger partial charge is 0.351 e. The highest BCUT2D eigenvalue weighted by molar-refractivity contribution is 7.99. The van der Waals surface area contributed by atoms with E-state index in [1.54, 1.807) is 16.4 Å². The van der Waals surface area contributed by atoms with Gasteiger partial charge in [-0.15, -0.1) is 0 Å². The number of nitrogens with zero attached hydrogens (tertiary/aromatic N) is 4. The molecule has 0 unspecified atom stereocenters. The van der Waals surface area contributed by atoms with Gasteiger partial charge in [-0.2, -0.15) is 4.31 Å². The summed E-state index contributed by atoms with van der Waals surface area (Å²) in [5.74, 6) is 0.904. The lowest BCUT2D eigenvalue weighted by Gasteiger charge is -2.19. The molecule has 2 aliphatic rings. The molecule has 0 spiro atoms. The van der Waals surface area contributed by atoms with Gasteiger partial charge in [-0.1, -0.05) is 11.8 Å². The molecule has 6 nitrogen and oxygen atoms in total. The standard InChI is InChI=1S/C20H24N4O2S2/c1-22-7-5-14-11-18(3-4-19(14)22)28(25,26)24-12-15-9-17(10-16(15)13-24)27-20-21-6-8-23(20)2/h3-8,11,15-17H,9-10,12-13H2,1-2H3/t15-,16+,17+. The van der Waals surface area contributed by atoms with Gasteiger partial charge in [0.15, 0.2) is 5.16 Å². The fourth-order valence-corrected chi connectivity index (χ4v) is 7.60. The fourth-order valence-electron chi connectivity index (χ4n) is 4.68. The van der Waals surface area contributed by atoms with Gasteiger partial charge < -0.3 is 9.13 Å². The third kappa shape index (κ3) is 2.98. The van der Waals surface area contributed by atoms with Gasteiger partial charge in [0.25, 0.3) is 0 Å². The lowest BCUT2D eigenvalue weighted by atomic mass is 10.0. The average molecular weight is 417 g/mol. The van der Waals surface area contributed by atoms with Crippen LogP contribution in [0.4, 0.5) is 0 Å². The average Bonchev–Trinajstić information content (AvgIpc) is 3.41. The molecule has 3 heterocycles. The smallest absolute Gasteiger partial charge is 0.243 e. The van der Waals surface area contributed by atoms with Crippen molar-refractivity contribution in [2.24, 2.45) is 25.9 Å². The summed E-state index contributed by atoms with van der Waals surface area (Å²) >= 11 is 1.83. The van der Waals surface area contributed by atoms with Crippen LogP contribution in [-0.4, -0.2) is 45.2 Å². The van der Waals surface area contributed by atoms with Crippen LogP contribution < -0.4 is 0 Å². The highest BCUT2D eigenvalue weighted by atomic mass is 32.2. The SMILES string of the molecule is Cn1ccnc1S[C@H]1C[C@@H]2CN(S(=O)(=O)c3ccc4c(ccn4C)c3)C[C@@H]2C1. The van der Waals surface area contributed by atoms with Crippen LogP contribution in [0.5, 0.6) is 0 Å². The molecule has 148 valence electrons. The van der Waals surface area contributed by atoms with Gasteiger partial charge in [-0.3, -0.25) is 0 Å². The van der Waals surface area contributed by atoms with E-state index >= 15 is 0 Å². The monoisotopic (exact) mass is 416 g/mol. The maximum absolute atomic E-state index is 13.2. The molecule has 2 fully saturated rings. The van der Waals surface area contributed by atoms with E-state index in [0.717, 1.165) is 28.9 Å². The van der Waals surface area contributed by atoms with E-state index < -0.39 is 10.0 Å². The summed E-state index contributed by atoms with van der Waals surface area (Å²) < 4.78 is 32.2. The Morgan fingerprint density at radius 3 is 2.46 bits per heavy atom. The number of sulfonamides is 1. The topological polar surface area (TPSA) is 60.1 Å². The van der Waals surface area contributed by atoms with E-state index in [2.05, 4.69) is 9.55 Å². The lowest BCUT2D eigenvalue weighted by molar-refractivity contribution is 0.447. The number of hydrogen-bond acceptors (Lipinski definition) is 4. The minimum absolute atomic E-state index is 0.408. The van der Waals surface area contributed by atoms with Crippen molar-refractivity contribution < 1.29 is 8.42 Å². The normalized spacial score (nSPS) is 25.6. The van der Waals surface area contributed by atoms with Crippen molar-refractivity contribution in [3.8, 4) is 0 Å². The van der Waals surface area contributed by atoms with Gasteiger partial charge in [0.1, 0.15) is 0 Å². The van der Waals surface area contributed by atoms with Crippen LogP contribution in [0, 0.1) is 11.8 Å². The van der Waals surface area contributed by atoms with Crippen molar-refractivity contribution in [1.82, 2.24) is 18.4 Å². The molecule has 1 aromatic carbocycles. The second-order valence-corrected chi connectivity index (χ2v) is 11.2. The van der Waals surface area contributed by atoms with Gasteiger partial charge in [0.2, 0.25) is 10.0 Å². The van der Waals surface area contributed by atoms with Crippen LogP contribution in [0.1, 0.15) is 12.8 Å². The summed E-state index contributed by atoms with van der Waals surface area (Å²) in [7, 11) is 0.550. The first-order valence-electron chi connectivity index (χ1n) is 9.61. The Morgan fingerprint density at radius 2 is 1.79 bits per heavy atom. The number of imidazole rings is 1. The molecule has 28 heavy (non-hydrogen) atoms. The minimum atomic E-state index is -3.44. The summed E-state index contributed by atoms with van der Waals surface area (Å²) in [4.78, 5) is 4.82. The quantitative estimate of drug-likeness (QED) is 0.656. The van der Waals surface area contributed by atoms with Crippen molar-refractivity contribution in [1.29, 1.82) is 0 Å². The van der Waals surface area contributed by atoms with E-state index in [0.29, 0.717) is 35.1 Å². The molecule has 8 heteroatoms. The van der Waals surface area contributed by atoms with Crippen LogP contribution in [0.25, 0.3) is 10.9 Å². The molecule has 3 aromatic rings. The molecule has 5 rings (SSSR count). The third-order valence-corrected chi connectivity index (χ3v) is 9.37. The van der Waals surface area contributed by atoms with Crippen LogP contribution >= 0.6 is 11.8 Å². The zero-order valence-electron chi connectivity index (χ0n) is 16.0. The lowest BCUT2D eigenvalue weighted by Crippen LogP contribution is -2.30. The Hall–Kier alpha value is -1.77. The van der Waals surface area contributed by atoms with Crippen molar-refractivity contribution in [2.45, 2.75) is 28.1 Å². The maximum atomic E-state index is 13.2. The summed E-state index contributed by atoms with van der Waals surface area (Å²) in [6.45, 7) is 1.27. The molecule has 1 saturated carbocycles. The Labute approximate surface area is 169 Å². The van der Waals surface area contributed by atoms with Crippen molar-refractivity contribution >= 4 is 32.7 Å². The summed E-state index contributed by atoms with van der Waals surface area (Å²) in [6.07, 6.45) is 7.88. The van der Waals surface area contributed by atoms with E-state index in [-0.39, 0.29) is 0 Å². The number of aromatic nitrogens is 3. The number of rotatable bonds is 4. The Morgan fingerprint density at radius 1 is 1.04 bits per heavy atom. The molecule has 1 aliphatic heterocycles. The molecule has 0 amide bonds. The number of thioether (sulfide) groups is 1. The molecular weight excluding hydrogens is 392 g/mol. The number of fused-ring (bicyclic) bond motifs is 2. The summed E-state index contributed by atoms with van der Waals surface area (Å²) in [5, 5.41) is 2.54. The second-order valence-electron chi connectivity index (χ2n) is 8.02. The first-order valence-corrected chi connectivity index (χ1v) is 11.9. The Kier molecular flexibility index (Phi) is 4.33. The first kappa shape index (κ1) is 18.3. The molecule has 1 saturated heterocycles. The molecule has 1 aliphatic carbocycles. The Bertz CT molecular complexity index is 1120. The third-order valence-electron chi connectivity index (χ3n) is 6.22. The first-order chi connectivity index (χ1) is 13.4. The van der Waals surface area contributed by atoms with Crippen LogP contribution in [0.15, 0.2) is 52.9 Å². The predicted molar refractivity (Wildman–Crippen MR) is 111 cm³/mol. The van der Waals surface area contributed by atoms with Crippen LogP contribution in [-0.2, 0) is 24.1 Å². The second kappa shape index (κ2) is 6.64. The zero-order chi connectivity index (χ0) is 19.5. The van der Waals surface area contributed by atoms with Gasteiger partial charge in [-0.25, -0.2) is 13.4 Å². The predicted octanol–water partition coefficient (Wildman–Crippen LogP) is 3.10. The zero-order valence-corrected chi connectivity index (χ0v) is 17.7. The van der Waals surface area contributed by atoms with E-state index in [1.807, 2.05) is 61.1 Å². The van der Waals surface area contributed by atoms with Crippen molar-refractivity contribution in [2.75, 3.05) is 13.1 Å². The maximum Gasteiger partial charge on any atom is 0.243 e. The van der Waals surface area contributed by atoms with Gasteiger partial charge in [0, 0.05) is 61.9 Å². The van der Waals surface area contributed by atoms with E-state index in [4.69, 9.17) is 0 Å². The molecule has 0 bridgehead atoms. The van der Waals surface area contributed by atoms with Crippen molar-refractivity contribution in [3.05, 3.63) is 42.9 Å². The molecule has 2 aromatic heterocycles. The molecule has 0 radical (unpaired) electrons. The molecule has 0 N–H and O–H groups in total. The highest BCUT2D eigenvalue weighted by Gasteiger charge is 2.45. The summed E-state index contributed by atoms with van der Waals surface area (Å²) in [5.41, 5.74) is 1.05. The molecular formula is C20H24N4O2S2. The van der Waals surface area contributed by atoms with Crippen molar-refractivity contribution in [3.63, 3.8) is 0 Å². The number of aryl methyl sites for hydroxylation is 2. The van der Waals surface area contributed by atoms with Gasteiger partial charge in [-0.05, 0) is 48.9 Å². The molecule has 3 atom stereocenters. The summed E-state index contributed by atoms with van der Waals surface area (Å²) in [6, 6.07) is 7.41. The van der Waals surface area contributed by atoms with Gasteiger partial charge in [0.05, 0.1) is 4.90 Å². The minimum Gasteiger partial charge on any atom is -0.351 e. The van der Waals surface area contributed by atoms with Crippen LogP contribution in [0.2, 0.25) is 0 Å². The van der Waals surface area contributed by atoms with Crippen LogP contribution in [0.3, 0.4) is 0 Å². The number of benzene rings is 1. The van der Waals surface area contributed by atoms with E-state index in [1.165, 1.54) is 0 Å². The highest BCUT2D eigenvalue weighted by Crippen LogP contribution is 2.45. The number of hydrogen-bond donors (Lipinski definition) is 0. The Balaban J connectivity index is 1.30. The van der Waals surface area contributed by atoms with Gasteiger partial charge >= 0.3 is 0 Å². The van der Waals surface area contributed by atoms with E-state index in [9.17, 15) is 8.42 Å².